The Morgan fingerprint density at radius 3 is 2.65 bits per heavy atom. The molecule has 1 aromatic carbocycles. The Morgan fingerprint density at radius 1 is 1.29 bits per heavy atom. The van der Waals surface area contributed by atoms with Crippen molar-refractivity contribution in [3.8, 4) is 17.2 Å². The van der Waals surface area contributed by atoms with Crippen molar-refractivity contribution in [1.82, 2.24) is 0 Å². The third-order valence-corrected chi connectivity index (χ3v) is 2.10. The van der Waals surface area contributed by atoms with E-state index in [1.807, 2.05) is 0 Å². The van der Waals surface area contributed by atoms with Gasteiger partial charge in [0, 0.05) is 6.92 Å². The van der Waals surface area contributed by atoms with Crippen molar-refractivity contribution in [2.45, 2.75) is 6.92 Å². The number of carbonyl (C=O) groups excluding carboxylic acids is 1. The van der Waals surface area contributed by atoms with E-state index in [2.05, 4.69) is 0 Å². The van der Waals surface area contributed by atoms with Crippen LogP contribution in [-0.4, -0.2) is 16.2 Å². The van der Waals surface area contributed by atoms with Crippen LogP contribution in [0.1, 0.15) is 6.92 Å². The van der Waals surface area contributed by atoms with Crippen molar-refractivity contribution >= 4 is 16.9 Å². The SMILES string of the molecule is CC(=O)Oc1cccc2oc(=O)c(O)c(O)c12. The number of aromatic hydroxyl groups is 2. The van der Waals surface area contributed by atoms with Gasteiger partial charge in [-0.15, -0.1) is 0 Å². The van der Waals surface area contributed by atoms with Crippen molar-refractivity contribution in [2.24, 2.45) is 0 Å². The molecule has 88 valence electrons. The summed E-state index contributed by atoms with van der Waals surface area (Å²) in [5.41, 5.74) is -1.04. The number of rotatable bonds is 1. The summed E-state index contributed by atoms with van der Waals surface area (Å²) in [4.78, 5) is 22.0. The number of hydrogen-bond donors (Lipinski definition) is 2. The molecule has 0 spiro atoms. The van der Waals surface area contributed by atoms with Crippen molar-refractivity contribution in [2.75, 3.05) is 0 Å². The molecule has 2 aromatic rings. The highest BCUT2D eigenvalue weighted by molar-refractivity contribution is 5.92. The Hall–Kier alpha value is -2.50. The molecule has 0 unspecified atom stereocenters. The summed E-state index contributed by atoms with van der Waals surface area (Å²) in [5, 5.41) is 18.9. The monoisotopic (exact) mass is 236 g/mol. The highest BCUT2D eigenvalue weighted by Crippen LogP contribution is 2.36. The maximum absolute atomic E-state index is 11.1. The molecule has 0 aliphatic heterocycles. The van der Waals surface area contributed by atoms with Crippen LogP contribution in [0.15, 0.2) is 27.4 Å². The minimum atomic E-state index is -1.06. The first-order valence-corrected chi connectivity index (χ1v) is 4.67. The molecule has 0 saturated carbocycles. The molecule has 0 radical (unpaired) electrons. The lowest BCUT2D eigenvalue weighted by Gasteiger charge is -2.06. The van der Waals surface area contributed by atoms with Gasteiger partial charge in [0.2, 0.25) is 5.75 Å². The van der Waals surface area contributed by atoms with Gasteiger partial charge in [-0.3, -0.25) is 4.79 Å². The number of carbonyl (C=O) groups is 1. The second kappa shape index (κ2) is 3.82. The van der Waals surface area contributed by atoms with Gasteiger partial charge >= 0.3 is 11.6 Å². The molecule has 0 aliphatic carbocycles. The summed E-state index contributed by atoms with van der Waals surface area (Å²) in [6.07, 6.45) is 0. The Kier molecular flexibility index (Phi) is 2.47. The Morgan fingerprint density at radius 2 is 2.00 bits per heavy atom. The molecule has 6 nitrogen and oxygen atoms in total. The summed E-state index contributed by atoms with van der Waals surface area (Å²) in [7, 11) is 0. The molecular formula is C11H8O6. The number of benzene rings is 1. The van der Waals surface area contributed by atoms with E-state index in [4.69, 9.17) is 9.15 Å². The summed E-state index contributed by atoms with van der Waals surface area (Å²) < 4.78 is 9.57. The summed E-state index contributed by atoms with van der Waals surface area (Å²) in [6.45, 7) is 1.19. The molecule has 0 amide bonds. The van der Waals surface area contributed by atoms with Crippen LogP contribution in [0.5, 0.6) is 17.2 Å². The van der Waals surface area contributed by atoms with Crippen LogP contribution in [0.4, 0.5) is 0 Å². The maximum atomic E-state index is 11.1. The standard InChI is InChI=1S/C11H8O6/c1-5(12)16-6-3-2-4-7-8(6)9(13)10(14)11(15)17-7/h2-4,13-14H,1H3. The summed E-state index contributed by atoms with van der Waals surface area (Å²) in [5.74, 6) is -2.18. The predicted octanol–water partition coefficient (Wildman–Crippen LogP) is 1.13. The van der Waals surface area contributed by atoms with E-state index in [9.17, 15) is 19.8 Å². The van der Waals surface area contributed by atoms with Crippen molar-refractivity contribution < 1.29 is 24.2 Å². The zero-order valence-corrected chi connectivity index (χ0v) is 8.76. The Balaban J connectivity index is 2.83. The van der Waals surface area contributed by atoms with Crippen molar-refractivity contribution in [1.29, 1.82) is 0 Å². The molecule has 17 heavy (non-hydrogen) atoms. The Bertz CT molecular complexity index is 655. The first kappa shape index (κ1) is 11.0. The third-order valence-electron chi connectivity index (χ3n) is 2.10. The van der Waals surface area contributed by atoms with Crippen LogP contribution < -0.4 is 10.4 Å². The van der Waals surface area contributed by atoms with E-state index in [-0.39, 0.29) is 16.7 Å². The molecule has 1 aromatic heterocycles. The van der Waals surface area contributed by atoms with E-state index in [0.717, 1.165) is 0 Å². The smallest absolute Gasteiger partial charge is 0.382 e. The molecule has 2 rings (SSSR count). The topological polar surface area (TPSA) is 97.0 Å². The van der Waals surface area contributed by atoms with E-state index in [1.165, 1.54) is 25.1 Å². The van der Waals surface area contributed by atoms with Crippen molar-refractivity contribution in [3.63, 3.8) is 0 Å². The van der Waals surface area contributed by atoms with Gasteiger partial charge in [-0.2, -0.15) is 0 Å². The molecule has 0 atom stereocenters. The average Bonchev–Trinajstić information content (AvgIpc) is 2.25. The first-order chi connectivity index (χ1) is 8.00. The molecular weight excluding hydrogens is 228 g/mol. The van der Waals surface area contributed by atoms with Crippen LogP contribution in [0.2, 0.25) is 0 Å². The molecule has 0 saturated heterocycles. The quantitative estimate of drug-likeness (QED) is 0.437. The predicted molar refractivity (Wildman–Crippen MR) is 57.1 cm³/mol. The third kappa shape index (κ3) is 1.80. The lowest BCUT2D eigenvalue weighted by Crippen LogP contribution is -2.03. The van der Waals surface area contributed by atoms with Crippen LogP contribution in [0.25, 0.3) is 11.0 Å². The van der Waals surface area contributed by atoms with Crippen molar-refractivity contribution in [3.05, 3.63) is 28.6 Å². The molecule has 6 heteroatoms. The van der Waals surface area contributed by atoms with Crippen LogP contribution in [0.3, 0.4) is 0 Å². The van der Waals surface area contributed by atoms with Gasteiger partial charge < -0.3 is 19.4 Å². The lowest BCUT2D eigenvalue weighted by atomic mass is 10.2. The second-order valence-electron chi connectivity index (χ2n) is 3.31. The van der Waals surface area contributed by atoms with E-state index < -0.39 is 23.1 Å². The number of fused-ring (bicyclic) bond motifs is 1. The van der Waals surface area contributed by atoms with Crippen LogP contribution >= 0.6 is 0 Å². The zero-order valence-electron chi connectivity index (χ0n) is 8.76. The molecule has 0 aliphatic rings. The largest absolute Gasteiger partial charge is 0.503 e. The number of esters is 1. The maximum Gasteiger partial charge on any atom is 0.382 e. The highest BCUT2D eigenvalue weighted by atomic mass is 16.5. The van der Waals surface area contributed by atoms with Gasteiger partial charge in [0.1, 0.15) is 16.7 Å². The van der Waals surface area contributed by atoms with E-state index in [1.54, 1.807) is 0 Å². The fourth-order valence-electron chi connectivity index (χ4n) is 1.43. The minimum absolute atomic E-state index is 0.00606. The van der Waals surface area contributed by atoms with E-state index in [0.29, 0.717) is 0 Å². The fraction of sp³-hybridized carbons (Fsp3) is 0.0909. The van der Waals surface area contributed by atoms with Crippen LogP contribution in [0, 0.1) is 0 Å². The van der Waals surface area contributed by atoms with Gasteiger partial charge in [-0.1, -0.05) is 6.07 Å². The Labute approximate surface area is 94.7 Å². The molecule has 1 heterocycles. The van der Waals surface area contributed by atoms with Gasteiger partial charge in [0.05, 0.1) is 0 Å². The normalized spacial score (nSPS) is 10.4. The fourth-order valence-corrected chi connectivity index (χ4v) is 1.43. The number of ether oxygens (including phenoxy) is 1. The van der Waals surface area contributed by atoms with Gasteiger partial charge in [-0.25, -0.2) is 4.79 Å². The second-order valence-corrected chi connectivity index (χ2v) is 3.31. The van der Waals surface area contributed by atoms with Gasteiger partial charge in [-0.05, 0) is 12.1 Å². The van der Waals surface area contributed by atoms with E-state index >= 15 is 0 Å². The molecule has 0 fully saturated rings. The van der Waals surface area contributed by atoms with Crippen LogP contribution in [-0.2, 0) is 4.79 Å². The lowest BCUT2D eigenvalue weighted by molar-refractivity contribution is -0.131. The first-order valence-electron chi connectivity index (χ1n) is 4.67. The number of hydrogen-bond acceptors (Lipinski definition) is 6. The molecule has 2 N–H and O–H groups in total. The minimum Gasteiger partial charge on any atom is -0.503 e. The summed E-state index contributed by atoms with van der Waals surface area (Å²) in [6, 6.07) is 4.30. The highest BCUT2D eigenvalue weighted by Gasteiger charge is 2.17. The van der Waals surface area contributed by atoms with Gasteiger partial charge in [0.25, 0.3) is 0 Å². The molecule has 0 bridgehead atoms. The zero-order chi connectivity index (χ0) is 12.6. The average molecular weight is 236 g/mol. The van der Waals surface area contributed by atoms with Gasteiger partial charge in [0.15, 0.2) is 5.75 Å². The summed E-state index contributed by atoms with van der Waals surface area (Å²) >= 11 is 0.